The van der Waals surface area contributed by atoms with E-state index in [2.05, 4.69) is 10.3 Å². The monoisotopic (exact) mass is 372 g/mol. The van der Waals surface area contributed by atoms with Gasteiger partial charge in [-0.05, 0) is 36.8 Å². The van der Waals surface area contributed by atoms with Gasteiger partial charge in [0, 0.05) is 11.6 Å². The molecule has 2 aromatic carbocycles. The molecule has 0 fully saturated rings. The number of amides is 1. The molecule has 1 aromatic heterocycles. The molecule has 134 valence electrons. The van der Waals surface area contributed by atoms with Gasteiger partial charge in [-0.2, -0.15) is 0 Å². The number of fused-ring (bicyclic) bond motifs is 1. The van der Waals surface area contributed by atoms with Gasteiger partial charge in [0.2, 0.25) is 0 Å². The zero-order valence-electron chi connectivity index (χ0n) is 14.2. The largest absolute Gasteiger partial charge is 0.344 e. The summed E-state index contributed by atoms with van der Waals surface area (Å²) in [6, 6.07) is 13.7. The number of sulfone groups is 1. The second kappa shape index (κ2) is 6.84. The third kappa shape index (κ3) is 3.72. The molecule has 0 spiro atoms. The van der Waals surface area contributed by atoms with Crippen molar-refractivity contribution in [3.63, 3.8) is 0 Å². The quantitative estimate of drug-likeness (QED) is 0.763. The first-order chi connectivity index (χ1) is 12.3. The van der Waals surface area contributed by atoms with Crippen molar-refractivity contribution in [3.8, 4) is 0 Å². The van der Waals surface area contributed by atoms with E-state index in [0.717, 1.165) is 11.8 Å². The molecule has 1 atom stereocenters. The van der Waals surface area contributed by atoms with Crippen LogP contribution in [-0.4, -0.2) is 25.6 Å². The fraction of sp³-hybridized carbons (Fsp3) is 0.158. The molecule has 26 heavy (non-hydrogen) atoms. The van der Waals surface area contributed by atoms with E-state index in [9.17, 15) is 17.6 Å². The summed E-state index contributed by atoms with van der Waals surface area (Å²) in [6.07, 6.45) is 1.14. The number of aromatic nitrogens is 1. The number of benzene rings is 2. The molecule has 7 heteroatoms. The Balaban J connectivity index is 1.80. The highest BCUT2D eigenvalue weighted by atomic mass is 32.2. The van der Waals surface area contributed by atoms with Crippen LogP contribution >= 0.6 is 0 Å². The van der Waals surface area contributed by atoms with Crippen LogP contribution in [0.5, 0.6) is 0 Å². The van der Waals surface area contributed by atoms with Gasteiger partial charge in [-0.15, -0.1) is 0 Å². The topological polar surface area (TPSA) is 76.1 Å². The number of hydrogen-bond acceptors (Lipinski definition) is 4. The molecule has 1 amide bonds. The summed E-state index contributed by atoms with van der Waals surface area (Å²) in [5, 5.41) is 3.40. The lowest BCUT2D eigenvalue weighted by Gasteiger charge is -2.14. The van der Waals surface area contributed by atoms with Crippen molar-refractivity contribution in [2.45, 2.75) is 17.9 Å². The van der Waals surface area contributed by atoms with Gasteiger partial charge in [0.25, 0.3) is 5.91 Å². The first kappa shape index (κ1) is 18.0. The molecule has 0 saturated carbocycles. The lowest BCUT2D eigenvalue weighted by atomic mass is 10.1. The Bertz CT molecular complexity index is 1080. The number of nitrogens with zero attached hydrogens (tertiary/aromatic N) is 1. The smallest absolute Gasteiger partial charge is 0.270 e. The van der Waals surface area contributed by atoms with Crippen LogP contribution in [0.3, 0.4) is 0 Å². The average molecular weight is 372 g/mol. The van der Waals surface area contributed by atoms with Gasteiger partial charge in [-0.1, -0.05) is 30.3 Å². The van der Waals surface area contributed by atoms with Crippen LogP contribution in [-0.2, 0) is 9.84 Å². The molecular weight excluding hydrogens is 355 g/mol. The van der Waals surface area contributed by atoms with Gasteiger partial charge in [-0.25, -0.2) is 17.8 Å². The van der Waals surface area contributed by atoms with Crippen molar-refractivity contribution in [1.29, 1.82) is 0 Å². The molecule has 0 saturated heterocycles. The van der Waals surface area contributed by atoms with Crippen LogP contribution < -0.4 is 5.32 Å². The molecular formula is C19H17FN2O3S. The highest BCUT2D eigenvalue weighted by Gasteiger charge is 2.15. The lowest BCUT2D eigenvalue weighted by molar-refractivity contribution is 0.0935. The zero-order chi connectivity index (χ0) is 18.9. The zero-order valence-corrected chi connectivity index (χ0v) is 15.0. The van der Waals surface area contributed by atoms with E-state index in [1.807, 2.05) is 0 Å². The number of nitrogens with one attached hydrogen (secondary N) is 1. The number of carbonyl (C=O) groups is 1. The predicted octanol–water partition coefficient (Wildman–Crippen LogP) is 3.27. The number of para-hydroxylation sites is 1. The molecule has 0 bridgehead atoms. The van der Waals surface area contributed by atoms with Gasteiger partial charge in [-0.3, -0.25) is 4.79 Å². The maximum absolute atomic E-state index is 13.8. The van der Waals surface area contributed by atoms with Crippen molar-refractivity contribution in [3.05, 3.63) is 71.7 Å². The van der Waals surface area contributed by atoms with Gasteiger partial charge < -0.3 is 5.32 Å². The van der Waals surface area contributed by atoms with E-state index < -0.39 is 21.6 Å². The molecule has 0 unspecified atom stereocenters. The van der Waals surface area contributed by atoms with Gasteiger partial charge in [0.15, 0.2) is 9.84 Å². The van der Waals surface area contributed by atoms with Gasteiger partial charge >= 0.3 is 0 Å². The second-order valence-corrected chi connectivity index (χ2v) is 8.06. The van der Waals surface area contributed by atoms with Crippen LogP contribution in [0.15, 0.2) is 59.5 Å². The van der Waals surface area contributed by atoms with Crippen molar-refractivity contribution in [2.24, 2.45) is 0 Å². The van der Waals surface area contributed by atoms with Crippen molar-refractivity contribution < 1.29 is 17.6 Å². The third-order valence-corrected chi connectivity index (χ3v) is 5.19. The second-order valence-electron chi connectivity index (χ2n) is 6.04. The van der Waals surface area contributed by atoms with Crippen molar-refractivity contribution >= 4 is 26.6 Å². The Kier molecular flexibility index (Phi) is 4.73. The Morgan fingerprint density at radius 2 is 1.77 bits per heavy atom. The first-order valence-corrected chi connectivity index (χ1v) is 9.81. The Hall–Kier alpha value is -2.80. The van der Waals surface area contributed by atoms with Crippen molar-refractivity contribution in [1.82, 2.24) is 10.3 Å². The summed E-state index contributed by atoms with van der Waals surface area (Å²) in [5.41, 5.74) is 1.00. The molecule has 0 radical (unpaired) electrons. The summed E-state index contributed by atoms with van der Waals surface area (Å²) in [4.78, 5) is 16.7. The number of pyridine rings is 1. The maximum atomic E-state index is 13.8. The lowest BCUT2D eigenvalue weighted by Crippen LogP contribution is -2.27. The van der Waals surface area contributed by atoms with Crippen LogP contribution in [0, 0.1) is 5.82 Å². The highest BCUT2D eigenvalue weighted by molar-refractivity contribution is 7.90. The van der Waals surface area contributed by atoms with Gasteiger partial charge in [0.05, 0.1) is 10.9 Å². The normalized spacial score (nSPS) is 12.7. The number of rotatable bonds is 4. The summed E-state index contributed by atoms with van der Waals surface area (Å²) >= 11 is 0. The van der Waals surface area contributed by atoms with E-state index in [0.29, 0.717) is 5.39 Å². The number of hydrogen-bond donors (Lipinski definition) is 1. The van der Waals surface area contributed by atoms with Crippen LogP contribution in [0.1, 0.15) is 29.0 Å². The van der Waals surface area contributed by atoms with Crippen molar-refractivity contribution in [2.75, 3.05) is 6.26 Å². The highest BCUT2D eigenvalue weighted by Crippen LogP contribution is 2.18. The van der Waals surface area contributed by atoms with E-state index in [4.69, 9.17) is 0 Å². The summed E-state index contributed by atoms with van der Waals surface area (Å²) in [6.45, 7) is 1.77. The van der Waals surface area contributed by atoms with E-state index in [1.165, 1.54) is 24.3 Å². The fourth-order valence-electron chi connectivity index (χ4n) is 2.59. The first-order valence-electron chi connectivity index (χ1n) is 7.92. The third-order valence-electron chi connectivity index (χ3n) is 4.06. The maximum Gasteiger partial charge on any atom is 0.270 e. The van der Waals surface area contributed by atoms with E-state index in [-0.39, 0.29) is 22.1 Å². The molecule has 3 rings (SSSR count). The number of halogens is 1. The Morgan fingerprint density at radius 1 is 1.08 bits per heavy atom. The summed E-state index contributed by atoms with van der Waals surface area (Å²) in [5.74, 6) is -0.920. The average Bonchev–Trinajstić information content (AvgIpc) is 2.61. The predicted molar refractivity (Wildman–Crippen MR) is 97.1 cm³/mol. The molecule has 3 aromatic rings. The molecule has 0 aliphatic heterocycles. The minimum Gasteiger partial charge on any atom is -0.344 e. The Labute approximate surface area is 150 Å². The summed E-state index contributed by atoms with van der Waals surface area (Å²) in [7, 11) is -3.27. The standard InChI is InChI=1S/C19H17FN2O3S/c1-12(13-6-9-15(10-7-13)26(2,24)25)21-19(23)17-11-8-14-4-3-5-16(20)18(14)22-17/h3-12H,1-2H3,(H,21,23)/t12-/m1/s1. The van der Waals surface area contributed by atoms with Crippen LogP contribution in [0.25, 0.3) is 10.9 Å². The molecule has 0 aliphatic rings. The SMILES string of the molecule is C[C@@H](NC(=O)c1ccc2cccc(F)c2n1)c1ccc(S(C)(=O)=O)cc1. The van der Waals surface area contributed by atoms with E-state index >= 15 is 0 Å². The van der Waals surface area contributed by atoms with Crippen LogP contribution in [0.4, 0.5) is 4.39 Å². The Morgan fingerprint density at radius 3 is 2.42 bits per heavy atom. The minimum atomic E-state index is -3.27. The van der Waals surface area contributed by atoms with E-state index in [1.54, 1.807) is 37.3 Å². The molecule has 1 heterocycles. The number of carbonyl (C=O) groups excluding carboxylic acids is 1. The van der Waals surface area contributed by atoms with Gasteiger partial charge in [0.1, 0.15) is 17.0 Å². The summed E-state index contributed by atoms with van der Waals surface area (Å²) < 4.78 is 36.9. The molecule has 1 N–H and O–H groups in total. The molecule has 5 nitrogen and oxygen atoms in total. The molecule has 0 aliphatic carbocycles. The fourth-order valence-corrected chi connectivity index (χ4v) is 3.23. The minimum absolute atomic E-state index is 0.113. The van der Waals surface area contributed by atoms with Crippen LogP contribution in [0.2, 0.25) is 0 Å².